The van der Waals surface area contributed by atoms with Crippen LogP contribution in [0.15, 0.2) is 54.9 Å². The maximum absolute atomic E-state index is 12.8. The second kappa shape index (κ2) is 11.7. The van der Waals surface area contributed by atoms with E-state index in [1.54, 1.807) is 12.4 Å². The molecule has 4 aromatic rings. The Labute approximate surface area is 233 Å². The number of H-pyrrole nitrogens is 1. The third kappa shape index (κ3) is 5.58. The number of hydrogen-bond acceptors (Lipinski definition) is 4. The third-order valence-corrected chi connectivity index (χ3v) is 7.37. The van der Waals surface area contributed by atoms with Crippen molar-refractivity contribution in [2.75, 3.05) is 13.1 Å². The highest BCUT2D eigenvalue weighted by atomic mass is 35.5. The minimum atomic E-state index is -0.109. The molecule has 0 aliphatic carbocycles. The van der Waals surface area contributed by atoms with Gasteiger partial charge in [-0.2, -0.15) is 0 Å². The van der Waals surface area contributed by atoms with Crippen molar-refractivity contribution >= 4 is 53.2 Å². The summed E-state index contributed by atoms with van der Waals surface area (Å²) in [5, 5.41) is 4.54. The van der Waals surface area contributed by atoms with Gasteiger partial charge in [-0.05, 0) is 73.5 Å². The zero-order valence-electron chi connectivity index (χ0n) is 20.3. The molecular formula is C28H29Cl3N4O2. The van der Waals surface area contributed by atoms with Gasteiger partial charge in [-0.25, -0.2) is 0 Å². The van der Waals surface area contributed by atoms with Crippen molar-refractivity contribution in [3.63, 3.8) is 0 Å². The van der Waals surface area contributed by atoms with E-state index in [4.69, 9.17) is 16.3 Å². The summed E-state index contributed by atoms with van der Waals surface area (Å²) in [6.07, 6.45) is 7.38. The number of carbonyl (C=O) groups is 1. The van der Waals surface area contributed by atoms with E-state index in [1.165, 1.54) is 37.9 Å². The first kappa shape index (κ1) is 27.3. The summed E-state index contributed by atoms with van der Waals surface area (Å²) in [5.74, 6) is 0.459. The quantitative estimate of drug-likeness (QED) is 0.282. The van der Waals surface area contributed by atoms with E-state index in [1.807, 2.05) is 18.2 Å². The predicted molar refractivity (Wildman–Crippen MR) is 152 cm³/mol. The topological polar surface area (TPSA) is 70.2 Å². The monoisotopic (exact) mass is 558 g/mol. The van der Waals surface area contributed by atoms with Gasteiger partial charge in [0.15, 0.2) is 0 Å². The van der Waals surface area contributed by atoms with E-state index in [-0.39, 0.29) is 30.7 Å². The molecular weight excluding hydrogens is 531 g/mol. The van der Waals surface area contributed by atoms with Gasteiger partial charge < -0.3 is 15.0 Å². The number of fused-ring (bicyclic) bond motifs is 2. The van der Waals surface area contributed by atoms with Crippen molar-refractivity contribution in [2.24, 2.45) is 0 Å². The van der Waals surface area contributed by atoms with Crippen molar-refractivity contribution in [1.29, 1.82) is 0 Å². The van der Waals surface area contributed by atoms with Crippen LogP contribution in [0.4, 0.5) is 0 Å². The van der Waals surface area contributed by atoms with Crippen molar-refractivity contribution in [3.05, 3.63) is 82.1 Å². The van der Waals surface area contributed by atoms with E-state index in [0.717, 1.165) is 39.8 Å². The number of aromatic amines is 1. The van der Waals surface area contributed by atoms with Crippen molar-refractivity contribution in [3.8, 4) is 17.0 Å². The van der Waals surface area contributed by atoms with Crippen LogP contribution in [-0.2, 0) is 19.7 Å². The number of likely N-dealkylation sites (tertiary alicyclic amines) is 1. The van der Waals surface area contributed by atoms with E-state index in [0.29, 0.717) is 29.5 Å². The Balaban J connectivity index is 0.00000160. The molecule has 0 unspecified atom stereocenters. The fourth-order valence-corrected chi connectivity index (χ4v) is 5.40. The number of hydrogen-bond donors (Lipinski definition) is 2. The van der Waals surface area contributed by atoms with Gasteiger partial charge in [-0.1, -0.05) is 24.1 Å². The number of pyridine rings is 1. The van der Waals surface area contributed by atoms with E-state index >= 15 is 0 Å². The maximum atomic E-state index is 12.8. The Bertz CT molecular complexity index is 1400. The number of amides is 1. The molecule has 0 saturated carbocycles. The van der Waals surface area contributed by atoms with Crippen LogP contribution >= 0.6 is 36.4 Å². The van der Waals surface area contributed by atoms with Crippen LogP contribution in [0.3, 0.4) is 0 Å². The summed E-state index contributed by atoms with van der Waals surface area (Å²) in [5.41, 5.74) is 6.44. The number of carbonyl (C=O) groups excluding carboxylic acids is 1. The van der Waals surface area contributed by atoms with Crippen LogP contribution in [0.2, 0.25) is 5.02 Å². The lowest BCUT2D eigenvalue weighted by atomic mass is 9.99. The molecule has 1 fully saturated rings. The molecule has 0 radical (unpaired) electrons. The van der Waals surface area contributed by atoms with Crippen LogP contribution in [0.25, 0.3) is 22.2 Å². The summed E-state index contributed by atoms with van der Waals surface area (Å²) in [7, 11) is 0. The average Bonchev–Trinajstić information content (AvgIpc) is 3.49. The van der Waals surface area contributed by atoms with Crippen molar-refractivity contribution in [2.45, 2.75) is 39.0 Å². The Kier molecular flexibility index (Phi) is 8.65. The van der Waals surface area contributed by atoms with Gasteiger partial charge in [-0.3, -0.25) is 14.7 Å². The average molecular weight is 560 g/mol. The molecule has 2 aromatic carbocycles. The first-order valence-electron chi connectivity index (χ1n) is 12.2. The molecule has 1 amide bonds. The van der Waals surface area contributed by atoms with Crippen LogP contribution < -0.4 is 10.1 Å². The van der Waals surface area contributed by atoms with Gasteiger partial charge >= 0.3 is 0 Å². The van der Waals surface area contributed by atoms with Gasteiger partial charge in [-0.15, -0.1) is 24.8 Å². The van der Waals surface area contributed by atoms with Crippen LogP contribution in [0, 0.1) is 0 Å². The molecule has 37 heavy (non-hydrogen) atoms. The van der Waals surface area contributed by atoms with Crippen LogP contribution in [0.5, 0.6) is 5.75 Å². The zero-order valence-corrected chi connectivity index (χ0v) is 22.6. The molecule has 6 rings (SSSR count). The number of ether oxygens (including phenoxy) is 1. The molecule has 0 bridgehead atoms. The number of benzene rings is 2. The molecule has 1 saturated heterocycles. The number of nitrogens with one attached hydrogen (secondary N) is 2. The first-order chi connectivity index (χ1) is 17.2. The minimum Gasteiger partial charge on any atom is -0.487 e. The Hall–Kier alpha value is -2.77. The third-order valence-electron chi connectivity index (χ3n) is 6.95. The van der Waals surface area contributed by atoms with Crippen LogP contribution in [0.1, 0.15) is 46.3 Å². The van der Waals surface area contributed by atoms with Gasteiger partial charge in [0.1, 0.15) is 12.4 Å². The Morgan fingerprint density at radius 2 is 1.76 bits per heavy atom. The SMILES string of the molecule is Cl.Cl.O=C1NCc2c(Cl)c(OCc3ccncc3)cc(-c3cc4cc(CN5CCCCC5)ccc4[nH]3)c21. The smallest absolute Gasteiger partial charge is 0.252 e. The summed E-state index contributed by atoms with van der Waals surface area (Å²) < 4.78 is 6.11. The number of piperidine rings is 1. The number of aromatic nitrogens is 2. The van der Waals surface area contributed by atoms with E-state index in [2.05, 4.69) is 44.5 Å². The first-order valence-corrected chi connectivity index (χ1v) is 12.5. The molecule has 2 aromatic heterocycles. The zero-order chi connectivity index (χ0) is 23.8. The van der Waals surface area contributed by atoms with Gasteiger partial charge in [0, 0.05) is 53.2 Å². The highest BCUT2D eigenvalue weighted by Crippen LogP contribution is 2.41. The second-order valence-electron chi connectivity index (χ2n) is 9.36. The maximum Gasteiger partial charge on any atom is 0.252 e. The van der Waals surface area contributed by atoms with Gasteiger partial charge in [0.05, 0.1) is 10.6 Å². The molecule has 2 aliphatic rings. The summed E-state index contributed by atoms with van der Waals surface area (Å²) >= 11 is 6.69. The normalized spacial score (nSPS) is 15.0. The van der Waals surface area contributed by atoms with Crippen LogP contribution in [-0.4, -0.2) is 33.9 Å². The molecule has 0 spiro atoms. The highest BCUT2D eigenvalue weighted by molar-refractivity contribution is 6.34. The minimum absolute atomic E-state index is 0. The molecule has 6 nitrogen and oxygen atoms in total. The molecule has 4 heterocycles. The summed E-state index contributed by atoms with van der Waals surface area (Å²) in [4.78, 5) is 22.9. The van der Waals surface area contributed by atoms with Gasteiger partial charge in [0.2, 0.25) is 0 Å². The summed E-state index contributed by atoms with van der Waals surface area (Å²) in [6, 6.07) is 14.4. The van der Waals surface area contributed by atoms with Crippen molar-refractivity contribution < 1.29 is 9.53 Å². The van der Waals surface area contributed by atoms with Crippen molar-refractivity contribution in [1.82, 2.24) is 20.2 Å². The summed E-state index contributed by atoms with van der Waals surface area (Å²) in [6.45, 7) is 4.08. The number of rotatable bonds is 6. The fraction of sp³-hybridized carbons (Fsp3) is 0.286. The molecule has 194 valence electrons. The van der Waals surface area contributed by atoms with Gasteiger partial charge in [0.25, 0.3) is 5.91 Å². The predicted octanol–water partition coefficient (Wildman–Crippen LogP) is 6.54. The Morgan fingerprint density at radius 3 is 2.54 bits per heavy atom. The Morgan fingerprint density at radius 1 is 0.973 bits per heavy atom. The lowest BCUT2D eigenvalue weighted by molar-refractivity contribution is 0.0966. The lowest BCUT2D eigenvalue weighted by Gasteiger charge is -2.26. The molecule has 9 heteroatoms. The molecule has 2 aliphatic heterocycles. The highest BCUT2D eigenvalue weighted by Gasteiger charge is 2.29. The van der Waals surface area contributed by atoms with E-state index in [9.17, 15) is 4.79 Å². The molecule has 0 atom stereocenters. The molecule has 2 N–H and O–H groups in total. The lowest BCUT2D eigenvalue weighted by Crippen LogP contribution is -2.28. The van der Waals surface area contributed by atoms with E-state index < -0.39 is 0 Å². The number of halogens is 3. The standard InChI is InChI=1S/C28H27ClN4O2.2ClH/c29-27-22-15-31-28(34)26(22)21(14-25(27)35-17-18-6-8-30-9-7-18)24-13-20-12-19(4-5-23(20)32-24)16-33-10-2-1-3-11-33;;/h4-9,12-14,32H,1-3,10-11,15-17H2,(H,31,34);2*1H. The second-order valence-corrected chi connectivity index (χ2v) is 9.74. The number of nitrogens with zero attached hydrogens (tertiary/aromatic N) is 2. The fourth-order valence-electron chi connectivity index (χ4n) is 5.13. The largest absolute Gasteiger partial charge is 0.487 e.